The molecular weight excluding hydrogens is 332 g/mol. The van der Waals surface area contributed by atoms with Gasteiger partial charge in [0.05, 0.1) is 10.8 Å². The molecule has 0 radical (unpaired) electrons. The minimum atomic E-state index is 0.00477. The third-order valence-corrected chi connectivity index (χ3v) is 4.90. The van der Waals surface area contributed by atoms with Crippen molar-refractivity contribution in [3.63, 3.8) is 0 Å². The molecule has 1 heterocycles. The van der Waals surface area contributed by atoms with Gasteiger partial charge in [-0.3, -0.25) is 4.79 Å². The number of hydrogen-bond donors (Lipinski definition) is 0. The van der Waals surface area contributed by atoms with Gasteiger partial charge < -0.3 is 4.42 Å². The number of fused-ring (bicyclic) bond motifs is 2. The molecule has 0 amide bonds. The number of hydrogen-bond acceptors (Lipinski definition) is 2. The summed E-state index contributed by atoms with van der Waals surface area (Å²) in [6.07, 6.45) is 0. The Bertz CT molecular complexity index is 1220. The highest BCUT2D eigenvalue weighted by atomic mass is 16.3. The maximum atomic E-state index is 13.6. The summed E-state index contributed by atoms with van der Waals surface area (Å²) in [6, 6.07) is 31.5. The van der Waals surface area contributed by atoms with Crippen molar-refractivity contribution in [3.8, 4) is 22.3 Å². The van der Waals surface area contributed by atoms with Crippen molar-refractivity contribution in [1.29, 1.82) is 0 Å². The molecule has 4 aromatic carbocycles. The maximum Gasteiger partial charge on any atom is 0.201 e. The first-order valence-electron chi connectivity index (χ1n) is 8.92. The zero-order valence-electron chi connectivity index (χ0n) is 14.6. The molecule has 5 rings (SSSR count). The van der Waals surface area contributed by atoms with Crippen LogP contribution in [-0.4, -0.2) is 0 Å². The standard InChI is InChI=1S/C25H16O2/c26-25-23-19(17-9-3-1-4-10-17)13-7-15-21(23)27-22-16-8-14-20(24(22)25)18-11-5-2-6-12-18/h1-16H. The van der Waals surface area contributed by atoms with Gasteiger partial charge in [-0.15, -0.1) is 0 Å². The quantitative estimate of drug-likeness (QED) is 0.351. The molecule has 2 nitrogen and oxygen atoms in total. The lowest BCUT2D eigenvalue weighted by Gasteiger charge is -2.10. The minimum Gasteiger partial charge on any atom is -0.456 e. The van der Waals surface area contributed by atoms with Crippen molar-refractivity contribution in [1.82, 2.24) is 0 Å². The van der Waals surface area contributed by atoms with E-state index < -0.39 is 0 Å². The summed E-state index contributed by atoms with van der Waals surface area (Å²) in [5.41, 5.74) is 5.03. The lowest BCUT2D eigenvalue weighted by atomic mass is 9.96. The number of rotatable bonds is 2. The first kappa shape index (κ1) is 15.6. The lowest BCUT2D eigenvalue weighted by Crippen LogP contribution is -2.05. The van der Waals surface area contributed by atoms with E-state index in [0.717, 1.165) is 22.3 Å². The molecule has 0 unspecified atom stereocenters. The van der Waals surface area contributed by atoms with E-state index in [1.54, 1.807) is 0 Å². The Kier molecular flexibility index (Phi) is 3.61. The van der Waals surface area contributed by atoms with Crippen molar-refractivity contribution < 1.29 is 4.42 Å². The second-order valence-corrected chi connectivity index (χ2v) is 6.52. The van der Waals surface area contributed by atoms with E-state index in [-0.39, 0.29) is 5.43 Å². The first-order chi connectivity index (χ1) is 13.3. The van der Waals surface area contributed by atoms with Crippen molar-refractivity contribution in [2.24, 2.45) is 0 Å². The average Bonchev–Trinajstić information content (AvgIpc) is 2.74. The summed E-state index contributed by atoms with van der Waals surface area (Å²) < 4.78 is 6.15. The SMILES string of the molecule is O=c1c2c(-c3ccccc3)cccc2oc2cccc(-c3ccccc3)c12. The molecular formula is C25H16O2. The van der Waals surface area contributed by atoms with E-state index in [1.165, 1.54) is 0 Å². The van der Waals surface area contributed by atoms with Crippen LogP contribution in [0, 0.1) is 0 Å². The van der Waals surface area contributed by atoms with Gasteiger partial charge in [-0.1, -0.05) is 84.9 Å². The Morgan fingerprint density at radius 3 is 1.37 bits per heavy atom. The molecule has 0 aliphatic carbocycles. The Hall–Kier alpha value is -3.65. The van der Waals surface area contributed by atoms with Crippen LogP contribution >= 0.6 is 0 Å². The summed E-state index contributed by atoms with van der Waals surface area (Å²) in [4.78, 5) is 13.6. The van der Waals surface area contributed by atoms with Gasteiger partial charge >= 0.3 is 0 Å². The highest BCUT2D eigenvalue weighted by Crippen LogP contribution is 2.32. The van der Waals surface area contributed by atoms with Crippen LogP contribution in [0.15, 0.2) is 106 Å². The molecule has 0 fully saturated rings. The monoisotopic (exact) mass is 348 g/mol. The molecule has 0 aliphatic rings. The molecule has 0 atom stereocenters. The Balaban J connectivity index is 1.93. The van der Waals surface area contributed by atoms with Gasteiger partial charge in [-0.2, -0.15) is 0 Å². The predicted molar refractivity (Wildman–Crippen MR) is 111 cm³/mol. The van der Waals surface area contributed by atoms with Crippen molar-refractivity contribution in [3.05, 3.63) is 107 Å². The van der Waals surface area contributed by atoms with Crippen LogP contribution in [0.1, 0.15) is 0 Å². The van der Waals surface area contributed by atoms with Gasteiger partial charge in [0, 0.05) is 0 Å². The number of benzene rings is 4. The van der Waals surface area contributed by atoms with Gasteiger partial charge in [-0.05, 0) is 34.4 Å². The largest absolute Gasteiger partial charge is 0.456 e. The van der Waals surface area contributed by atoms with Crippen LogP contribution in [0.25, 0.3) is 44.2 Å². The van der Waals surface area contributed by atoms with Crippen LogP contribution in [0.3, 0.4) is 0 Å². The molecule has 0 bridgehead atoms. The van der Waals surface area contributed by atoms with E-state index in [1.807, 2.05) is 97.1 Å². The molecule has 2 heteroatoms. The molecule has 1 aromatic heterocycles. The molecule has 5 aromatic rings. The van der Waals surface area contributed by atoms with Crippen LogP contribution < -0.4 is 5.43 Å². The molecule has 0 aliphatic heterocycles. The van der Waals surface area contributed by atoms with Gasteiger partial charge in [0.25, 0.3) is 0 Å². The Morgan fingerprint density at radius 1 is 0.481 bits per heavy atom. The smallest absolute Gasteiger partial charge is 0.201 e. The highest BCUT2D eigenvalue weighted by Gasteiger charge is 2.15. The van der Waals surface area contributed by atoms with E-state index in [0.29, 0.717) is 21.9 Å². The van der Waals surface area contributed by atoms with Crippen molar-refractivity contribution >= 4 is 21.9 Å². The second kappa shape index (κ2) is 6.26. The van der Waals surface area contributed by atoms with Crippen LogP contribution in [-0.2, 0) is 0 Å². The Labute approximate surface area is 156 Å². The lowest BCUT2D eigenvalue weighted by molar-refractivity contribution is 0.660. The van der Waals surface area contributed by atoms with Crippen LogP contribution in [0.5, 0.6) is 0 Å². The molecule has 0 saturated heterocycles. The molecule has 128 valence electrons. The molecule has 0 N–H and O–H groups in total. The van der Waals surface area contributed by atoms with Gasteiger partial charge in [0.2, 0.25) is 5.43 Å². The fraction of sp³-hybridized carbons (Fsp3) is 0. The van der Waals surface area contributed by atoms with Crippen molar-refractivity contribution in [2.75, 3.05) is 0 Å². The van der Waals surface area contributed by atoms with Crippen LogP contribution in [0.2, 0.25) is 0 Å². The summed E-state index contributed by atoms with van der Waals surface area (Å²) in [6.45, 7) is 0. The van der Waals surface area contributed by atoms with Gasteiger partial charge in [-0.25, -0.2) is 0 Å². The van der Waals surface area contributed by atoms with Gasteiger partial charge in [0.1, 0.15) is 11.2 Å². The molecule has 0 saturated carbocycles. The Morgan fingerprint density at radius 2 is 0.926 bits per heavy atom. The normalized spacial score (nSPS) is 11.1. The summed E-state index contributed by atoms with van der Waals surface area (Å²) >= 11 is 0. The second-order valence-electron chi connectivity index (χ2n) is 6.52. The van der Waals surface area contributed by atoms with E-state index in [9.17, 15) is 4.79 Å². The maximum absolute atomic E-state index is 13.6. The predicted octanol–water partition coefficient (Wildman–Crippen LogP) is 6.28. The summed E-state index contributed by atoms with van der Waals surface area (Å²) in [7, 11) is 0. The zero-order valence-corrected chi connectivity index (χ0v) is 14.6. The van der Waals surface area contributed by atoms with Crippen LogP contribution in [0.4, 0.5) is 0 Å². The summed E-state index contributed by atoms with van der Waals surface area (Å²) in [5.74, 6) is 0. The van der Waals surface area contributed by atoms with E-state index in [4.69, 9.17) is 4.42 Å². The molecule has 27 heavy (non-hydrogen) atoms. The third-order valence-electron chi connectivity index (χ3n) is 4.90. The zero-order chi connectivity index (χ0) is 18.2. The third kappa shape index (κ3) is 2.54. The van der Waals surface area contributed by atoms with E-state index >= 15 is 0 Å². The first-order valence-corrected chi connectivity index (χ1v) is 8.92. The summed E-state index contributed by atoms with van der Waals surface area (Å²) in [5, 5.41) is 1.25. The van der Waals surface area contributed by atoms with E-state index in [2.05, 4.69) is 0 Å². The van der Waals surface area contributed by atoms with Gasteiger partial charge in [0.15, 0.2) is 0 Å². The highest BCUT2D eigenvalue weighted by molar-refractivity contribution is 6.03. The fourth-order valence-electron chi connectivity index (χ4n) is 3.66. The minimum absolute atomic E-state index is 0.00477. The topological polar surface area (TPSA) is 30.2 Å². The van der Waals surface area contributed by atoms with Crippen molar-refractivity contribution in [2.45, 2.75) is 0 Å². The fourth-order valence-corrected chi connectivity index (χ4v) is 3.66. The molecule has 0 spiro atoms. The average molecular weight is 348 g/mol.